The molecule has 0 radical (unpaired) electrons. The Kier molecular flexibility index (Phi) is 3.46. The maximum absolute atomic E-state index is 4.41. The van der Waals surface area contributed by atoms with Gasteiger partial charge in [0.25, 0.3) is 0 Å². The van der Waals surface area contributed by atoms with Gasteiger partial charge in [0, 0.05) is 15.5 Å². The molecule has 0 atom stereocenters. The quantitative estimate of drug-likeness (QED) is 0.772. The van der Waals surface area contributed by atoms with Gasteiger partial charge in [-0.15, -0.1) is 0 Å². The van der Waals surface area contributed by atoms with Gasteiger partial charge in [0.05, 0.1) is 10.2 Å². The van der Waals surface area contributed by atoms with E-state index in [1.54, 1.807) is 0 Å². The molecule has 0 unspecified atom stereocenters. The highest BCUT2D eigenvalue weighted by molar-refractivity contribution is 9.11. The minimum absolute atomic E-state index is 0.0470. The molecule has 2 aromatic rings. The normalized spacial score (nSPS) is 11.8. The molecule has 0 fully saturated rings. The van der Waals surface area contributed by atoms with Crippen LogP contribution in [0.15, 0.2) is 33.2 Å². The lowest BCUT2D eigenvalue weighted by atomic mass is 9.92. The summed E-state index contributed by atoms with van der Waals surface area (Å²) in [4.78, 5) is 0. The lowest BCUT2D eigenvalue weighted by molar-refractivity contribution is 0.564. The Morgan fingerprint density at radius 3 is 2.29 bits per heavy atom. The van der Waals surface area contributed by atoms with Gasteiger partial charge in [0.2, 0.25) is 0 Å². The summed E-state index contributed by atoms with van der Waals surface area (Å²) in [7, 11) is 0. The summed E-state index contributed by atoms with van der Waals surface area (Å²) < 4.78 is 2.09. The van der Waals surface area contributed by atoms with Crippen LogP contribution in [-0.4, -0.2) is 10.2 Å². The van der Waals surface area contributed by atoms with Crippen molar-refractivity contribution in [2.75, 3.05) is 0 Å². The topological polar surface area (TPSA) is 28.7 Å². The first-order valence-corrected chi connectivity index (χ1v) is 6.99. The van der Waals surface area contributed by atoms with Gasteiger partial charge in [-0.1, -0.05) is 54.9 Å². The average molecular weight is 358 g/mol. The Bertz CT molecular complexity index is 539. The average Bonchev–Trinajstić information content (AvgIpc) is 2.60. The fraction of sp³-hybridized carbons (Fsp3) is 0.308. The zero-order valence-corrected chi connectivity index (χ0v) is 13.2. The minimum atomic E-state index is 0.0470. The predicted molar refractivity (Wildman–Crippen MR) is 78.1 cm³/mol. The van der Waals surface area contributed by atoms with E-state index in [4.69, 9.17) is 0 Å². The van der Waals surface area contributed by atoms with Crippen LogP contribution in [0.3, 0.4) is 0 Å². The molecule has 0 bridgehead atoms. The Morgan fingerprint density at radius 1 is 1.12 bits per heavy atom. The summed E-state index contributed by atoms with van der Waals surface area (Å²) in [5, 5.41) is 7.53. The third-order valence-corrected chi connectivity index (χ3v) is 4.05. The van der Waals surface area contributed by atoms with Crippen LogP contribution in [0.5, 0.6) is 0 Å². The summed E-state index contributed by atoms with van der Waals surface area (Å²) in [6.45, 7) is 6.49. The first kappa shape index (κ1) is 12.8. The van der Waals surface area contributed by atoms with E-state index in [0.717, 1.165) is 25.9 Å². The number of hydrogen-bond donors (Lipinski definition) is 1. The van der Waals surface area contributed by atoms with Crippen LogP contribution in [0.2, 0.25) is 0 Å². The van der Waals surface area contributed by atoms with Crippen molar-refractivity contribution in [1.29, 1.82) is 0 Å². The molecule has 0 saturated heterocycles. The number of aromatic amines is 1. The van der Waals surface area contributed by atoms with Crippen molar-refractivity contribution in [3.05, 3.63) is 38.9 Å². The second kappa shape index (κ2) is 4.58. The van der Waals surface area contributed by atoms with Gasteiger partial charge in [-0.25, -0.2) is 0 Å². The number of H-pyrrole nitrogens is 1. The predicted octanol–water partition coefficient (Wildman–Crippen LogP) is 4.90. The first-order valence-electron chi connectivity index (χ1n) is 5.40. The van der Waals surface area contributed by atoms with Crippen molar-refractivity contribution in [2.45, 2.75) is 26.2 Å². The highest BCUT2D eigenvalue weighted by Crippen LogP contribution is 2.37. The molecular formula is C13H14Br2N2. The van der Waals surface area contributed by atoms with Gasteiger partial charge in [-0.2, -0.15) is 5.10 Å². The van der Waals surface area contributed by atoms with Gasteiger partial charge in [0.1, 0.15) is 5.69 Å². The van der Waals surface area contributed by atoms with Crippen LogP contribution in [0.1, 0.15) is 26.5 Å². The summed E-state index contributed by atoms with van der Waals surface area (Å²) >= 11 is 7.20. The number of nitrogens with zero attached hydrogens (tertiary/aromatic N) is 1. The summed E-state index contributed by atoms with van der Waals surface area (Å²) in [6.07, 6.45) is 0. The van der Waals surface area contributed by atoms with Crippen molar-refractivity contribution in [3.8, 4) is 11.3 Å². The number of benzene rings is 1. The van der Waals surface area contributed by atoms with E-state index < -0.39 is 0 Å². The van der Waals surface area contributed by atoms with E-state index in [1.807, 2.05) is 18.2 Å². The highest BCUT2D eigenvalue weighted by Gasteiger charge is 2.23. The van der Waals surface area contributed by atoms with E-state index in [9.17, 15) is 0 Å². The fourth-order valence-electron chi connectivity index (χ4n) is 1.66. The van der Waals surface area contributed by atoms with Crippen LogP contribution in [0, 0.1) is 0 Å². The molecule has 2 nitrogen and oxygen atoms in total. The molecule has 0 amide bonds. The van der Waals surface area contributed by atoms with Crippen molar-refractivity contribution >= 4 is 31.9 Å². The second-order valence-electron chi connectivity index (χ2n) is 4.99. The Labute approximate surface area is 118 Å². The molecule has 0 saturated carbocycles. The largest absolute Gasteiger partial charge is 0.280 e. The monoisotopic (exact) mass is 356 g/mol. The minimum Gasteiger partial charge on any atom is -0.280 e. The second-order valence-corrected chi connectivity index (χ2v) is 6.64. The third kappa shape index (κ3) is 2.47. The Balaban J connectivity index is 2.56. The molecule has 1 aromatic heterocycles. The summed E-state index contributed by atoms with van der Waals surface area (Å²) in [6, 6.07) is 8.08. The lowest BCUT2D eigenvalue weighted by Crippen LogP contribution is -2.12. The van der Waals surface area contributed by atoms with Crippen LogP contribution >= 0.6 is 31.9 Å². The van der Waals surface area contributed by atoms with Crippen LogP contribution in [0.25, 0.3) is 11.3 Å². The highest BCUT2D eigenvalue weighted by atomic mass is 79.9. The molecule has 0 spiro atoms. The smallest absolute Gasteiger partial charge is 0.108 e. The molecule has 1 N–H and O–H groups in total. The van der Waals surface area contributed by atoms with Gasteiger partial charge < -0.3 is 0 Å². The van der Waals surface area contributed by atoms with E-state index in [2.05, 4.69) is 68.9 Å². The molecule has 0 aliphatic heterocycles. The van der Waals surface area contributed by atoms with Gasteiger partial charge >= 0.3 is 0 Å². The zero-order chi connectivity index (χ0) is 12.6. The van der Waals surface area contributed by atoms with Crippen LogP contribution in [0.4, 0.5) is 0 Å². The molecule has 2 rings (SSSR count). The van der Waals surface area contributed by atoms with Crippen LogP contribution < -0.4 is 0 Å². The molecular weight excluding hydrogens is 344 g/mol. The van der Waals surface area contributed by atoms with Gasteiger partial charge in [-0.3, -0.25) is 5.10 Å². The van der Waals surface area contributed by atoms with Crippen molar-refractivity contribution in [1.82, 2.24) is 10.2 Å². The first-order chi connectivity index (χ1) is 7.91. The van der Waals surface area contributed by atoms with Gasteiger partial charge in [-0.05, 0) is 22.0 Å². The number of nitrogens with one attached hydrogen (secondary N) is 1. The van der Waals surface area contributed by atoms with E-state index in [1.165, 1.54) is 0 Å². The van der Waals surface area contributed by atoms with Crippen molar-refractivity contribution < 1.29 is 0 Å². The molecule has 17 heavy (non-hydrogen) atoms. The number of halogens is 2. The van der Waals surface area contributed by atoms with E-state index in [-0.39, 0.29) is 5.41 Å². The number of aromatic nitrogens is 2. The van der Waals surface area contributed by atoms with Crippen molar-refractivity contribution in [2.24, 2.45) is 0 Å². The number of hydrogen-bond acceptors (Lipinski definition) is 1. The lowest BCUT2D eigenvalue weighted by Gasteiger charge is -2.16. The maximum Gasteiger partial charge on any atom is 0.108 e. The van der Waals surface area contributed by atoms with Crippen molar-refractivity contribution in [3.63, 3.8) is 0 Å². The summed E-state index contributed by atoms with van der Waals surface area (Å²) in [5.74, 6) is 0. The third-order valence-electron chi connectivity index (χ3n) is 2.59. The Morgan fingerprint density at radius 2 is 1.76 bits per heavy atom. The molecule has 90 valence electrons. The SMILES string of the molecule is CC(C)(C)c1[nH]nc(-c2ccccc2Br)c1Br. The van der Waals surface area contributed by atoms with E-state index in [0.29, 0.717) is 0 Å². The molecule has 1 heterocycles. The maximum atomic E-state index is 4.41. The zero-order valence-electron chi connectivity index (χ0n) is 10.0. The van der Waals surface area contributed by atoms with Crippen LogP contribution in [-0.2, 0) is 5.41 Å². The molecule has 1 aromatic carbocycles. The standard InChI is InChI=1S/C13H14Br2N2/c1-13(2,3)12-10(15)11(16-17-12)8-6-4-5-7-9(8)14/h4-7H,1-3H3,(H,16,17). The Hall–Kier alpha value is -0.610. The number of rotatable bonds is 1. The van der Waals surface area contributed by atoms with E-state index >= 15 is 0 Å². The summed E-state index contributed by atoms with van der Waals surface area (Å²) in [5.41, 5.74) is 3.20. The molecule has 0 aliphatic rings. The molecule has 0 aliphatic carbocycles. The fourth-order valence-corrected chi connectivity index (χ4v) is 3.12. The molecule has 4 heteroatoms. The van der Waals surface area contributed by atoms with Gasteiger partial charge in [0.15, 0.2) is 0 Å².